The van der Waals surface area contributed by atoms with E-state index in [-0.39, 0.29) is 11.4 Å². The van der Waals surface area contributed by atoms with Crippen molar-refractivity contribution in [1.29, 1.82) is 0 Å². The molecule has 0 radical (unpaired) electrons. The summed E-state index contributed by atoms with van der Waals surface area (Å²) in [6, 6.07) is 13.3. The maximum atomic E-state index is 11.9. The van der Waals surface area contributed by atoms with Crippen molar-refractivity contribution in [3.63, 3.8) is 0 Å². The van der Waals surface area contributed by atoms with Crippen LogP contribution in [0.25, 0.3) is 0 Å². The third kappa shape index (κ3) is 4.22. The second-order valence-electron chi connectivity index (χ2n) is 4.29. The molecule has 0 aliphatic heterocycles. The van der Waals surface area contributed by atoms with E-state index in [9.17, 15) is 9.59 Å². The average molecular weight is 305 g/mol. The first kappa shape index (κ1) is 14.9. The molecule has 0 spiro atoms. The number of carboxylic acids is 1. The van der Waals surface area contributed by atoms with Crippen LogP contribution in [0, 0.1) is 0 Å². The number of benzene rings is 2. The van der Waals surface area contributed by atoms with Crippen LogP contribution in [0.4, 0.5) is 16.2 Å². The zero-order chi connectivity index (χ0) is 15.2. The van der Waals surface area contributed by atoms with Crippen LogP contribution in [0.1, 0.15) is 5.56 Å². The number of urea groups is 1. The molecule has 0 aliphatic rings. The number of aliphatic carboxylic acids is 1. The second kappa shape index (κ2) is 6.76. The van der Waals surface area contributed by atoms with Gasteiger partial charge in [-0.05, 0) is 23.8 Å². The van der Waals surface area contributed by atoms with E-state index in [1.807, 2.05) is 6.07 Å². The van der Waals surface area contributed by atoms with Crippen LogP contribution >= 0.6 is 11.6 Å². The number of hydrogen-bond donors (Lipinski definition) is 3. The molecule has 0 atom stereocenters. The maximum Gasteiger partial charge on any atom is 0.323 e. The van der Waals surface area contributed by atoms with Crippen molar-refractivity contribution in [2.45, 2.75) is 6.42 Å². The van der Waals surface area contributed by atoms with Gasteiger partial charge in [-0.1, -0.05) is 41.9 Å². The Hall–Kier alpha value is -2.53. The van der Waals surface area contributed by atoms with Gasteiger partial charge in [-0.15, -0.1) is 0 Å². The van der Waals surface area contributed by atoms with Crippen LogP contribution in [0.3, 0.4) is 0 Å². The average Bonchev–Trinajstić information content (AvgIpc) is 2.43. The van der Waals surface area contributed by atoms with Gasteiger partial charge in [0.2, 0.25) is 0 Å². The van der Waals surface area contributed by atoms with Gasteiger partial charge in [0.1, 0.15) is 0 Å². The largest absolute Gasteiger partial charge is 0.481 e. The van der Waals surface area contributed by atoms with Crippen molar-refractivity contribution in [3.8, 4) is 0 Å². The van der Waals surface area contributed by atoms with Gasteiger partial charge in [-0.3, -0.25) is 4.79 Å². The first-order valence-electron chi connectivity index (χ1n) is 6.18. The SMILES string of the molecule is O=C(O)Cc1cccc(Cl)c1NC(=O)Nc1ccccc1. The Balaban J connectivity index is 2.15. The molecule has 0 heterocycles. The van der Waals surface area contributed by atoms with Crippen molar-refractivity contribution in [3.05, 3.63) is 59.1 Å². The number of para-hydroxylation sites is 2. The molecule has 2 aromatic rings. The molecule has 108 valence electrons. The van der Waals surface area contributed by atoms with Gasteiger partial charge >= 0.3 is 12.0 Å². The molecule has 0 bridgehead atoms. The highest BCUT2D eigenvalue weighted by Crippen LogP contribution is 2.26. The van der Waals surface area contributed by atoms with Gasteiger partial charge in [0.15, 0.2) is 0 Å². The standard InChI is InChI=1S/C15H13ClN2O3/c16-12-8-4-5-10(9-13(19)20)14(12)18-15(21)17-11-6-2-1-3-7-11/h1-8H,9H2,(H,19,20)(H2,17,18,21). The summed E-state index contributed by atoms with van der Waals surface area (Å²) in [7, 11) is 0. The molecule has 0 saturated heterocycles. The van der Waals surface area contributed by atoms with Crippen molar-refractivity contribution in [1.82, 2.24) is 0 Å². The Labute approximate surface area is 126 Å². The zero-order valence-corrected chi connectivity index (χ0v) is 11.7. The lowest BCUT2D eigenvalue weighted by atomic mass is 10.1. The molecule has 2 aromatic carbocycles. The summed E-state index contributed by atoms with van der Waals surface area (Å²) >= 11 is 6.02. The number of nitrogens with one attached hydrogen (secondary N) is 2. The van der Waals surface area contributed by atoms with Crippen LogP contribution in [-0.4, -0.2) is 17.1 Å². The second-order valence-corrected chi connectivity index (χ2v) is 4.70. The van der Waals surface area contributed by atoms with Crippen LogP contribution in [0.2, 0.25) is 5.02 Å². The Morgan fingerprint density at radius 3 is 2.38 bits per heavy atom. The third-order valence-electron chi connectivity index (χ3n) is 2.71. The van der Waals surface area contributed by atoms with E-state index in [0.29, 0.717) is 16.9 Å². The fourth-order valence-electron chi connectivity index (χ4n) is 1.82. The molecule has 2 rings (SSSR count). The maximum absolute atomic E-state index is 11.9. The van der Waals surface area contributed by atoms with Crippen LogP contribution in [-0.2, 0) is 11.2 Å². The van der Waals surface area contributed by atoms with E-state index in [1.165, 1.54) is 0 Å². The number of carbonyl (C=O) groups excluding carboxylic acids is 1. The fraction of sp³-hybridized carbons (Fsp3) is 0.0667. The van der Waals surface area contributed by atoms with Gasteiger partial charge in [-0.2, -0.15) is 0 Å². The van der Waals surface area contributed by atoms with Crippen molar-refractivity contribution in [2.75, 3.05) is 10.6 Å². The number of amides is 2. The topological polar surface area (TPSA) is 78.4 Å². The molecule has 0 unspecified atom stereocenters. The number of rotatable bonds is 4. The molecule has 6 heteroatoms. The number of anilines is 2. The lowest BCUT2D eigenvalue weighted by Gasteiger charge is -2.12. The van der Waals surface area contributed by atoms with Crippen molar-refractivity contribution < 1.29 is 14.7 Å². The van der Waals surface area contributed by atoms with E-state index < -0.39 is 12.0 Å². The Kier molecular flexibility index (Phi) is 4.79. The number of carbonyl (C=O) groups is 2. The first-order valence-corrected chi connectivity index (χ1v) is 6.56. The molecular formula is C15H13ClN2O3. The number of halogens is 1. The molecule has 0 saturated carbocycles. The predicted octanol–water partition coefficient (Wildman–Crippen LogP) is 3.61. The minimum absolute atomic E-state index is 0.221. The van der Waals surface area contributed by atoms with Gasteiger partial charge in [0.05, 0.1) is 17.1 Å². The van der Waals surface area contributed by atoms with Crippen molar-refractivity contribution >= 4 is 35.0 Å². The lowest BCUT2D eigenvalue weighted by molar-refractivity contribution is -0.136. The summed E-state index contributed by atoms with van der Waals surface area (Å²) in [4.78, 5) is 22.8. The van der Waals surface area contributed by atoms with Crippen LogP contribution in [0.5, 0.6) is 0 Å². The summed E-state index contributed by atoms with van der Waals surface area (Å²) in [5, 5.41) is 14.4. The van der Waals surface area contributed by atoms with Crippen LogP contribution < -0.4 is 10.6 Å². The molecular weight excluding hydrogens is 292 g/mol. The number of hydrogen-bond acceptors (Lipinski definition) is 2. The minimum Gasteiger partial charge on any atom is -0.481 e. The molecule has 0 fully saturated rings. The Bertz CT molecular complexity index is 659. The van der Waals surface area contributed by atoms with E-state index in [4.69, 9.17) is 16.7 Å². The lowest BCUT2D eigenvalue weighted by Crippen LogP contribution is -2.21. The molecule has 5 nitrogen and oxygen atoms in total. The summed E-state index contributed by atoms with van der Waals surface area (Å²) in [5.74, 6) is -0.996. The van der Waals surface area contributed by atoms with E-state index in [2.05, 4.69) is 10.6 Å². The van der Waals surface area contributed by atoms with Gasteiger partial charge in [0.25, 0.3) is 0 Å². The van der Waals surface area contributed by atoms with Crippen molar-refractivity contribution in [2.24, 2.45) is 0 Å². The van der Waals surface area contributed by atoms with Crippen LogP contribution in [0.15, 0.2) is 48.5 Å². The first-order chi connectivity index (χ1) is 10.1. The molecule has 0 aromatic heterocycles. The fourth-order valence-corrected chi connectivity index (χ4v) is 2.06. The van der Waals surface area contributed by atoms with Gasteiger partial charge in [0, 0.05) is 5.69 Å². The summed E-state index contributed by atoms with van der Waals surface area (Å²) in [6.07, 6.45) is -0.221. The normalized spacial score (nSPS) is 9.95. The highest BCUT2D eigenvalue weighted by Gasteiger charge is 2.13. The molecule has 0 aliphatic carbocycles. The Morgan fingerprint density at radius 1 is 1.00 bits per heavy atom. The van der Waals surface area contributed by atoms with E-state index in [1.54, 1.807) is 42.5 Å². The van der Waals surface area contributed by atoms with Gasteiger partial charge in [-0.25, -0.2) is 4.79 Å². The smallest absolute Gasteiger partial charge is 0.323 e. The predicted molar refractivity (Wildman–Crippen MR) is 81.9 cm³/mol. The highest BCUT2D eigenvalue weighted by atomic mass is 35.5. The quantitative estimate of drug-likeness (QED) is 0.807. The summed E-state index contributed by atoms with van der Waals surface area (Å²) < 4.78 is 0. The summed E-state index contributed by atoms with van der Waals surface area (Å²) in [6.45, 7) is 0. The monoisotopic (exact) mass is 304 g/mol. The molecule has 2 amide bonds. The minimum atomic E-state index is -0.996. The summed E-state index contributed by atoms with van der Waals surface area (Å²) in [5.41, 5.74) is 1.37. The molecule has 21 heavy (non-hydrogen) atoms. The number of carboxylic acid groups (broad SMARTS) is 1. The van der Waals surface area contributed by atoms with E-state index >= 15 is 0 Å². The zero-order valence-electron chi connectivity index (χ0n) is 11.0. The molecule has 3 N–H and O–H groups in total. The van der Waals surface area contributed by atoms with Gasteiger partial charge < -0.3 is 15.7 Å². The third-order valence-corrected chi connectivity index (χ3v) is 3.03. The van der Waals surface area contributed by atoms with E-state index in [0.717, 1.165) is 0 Å². The highest BCUT2D eigenvalue weighted by molar-refractivity contribution is 6.34. The Morgan fingerprint density at radius 2 is 1.71 bits per heavy atom.